The fraction of sp³-hybridized carbons (Fsp3) is 0.909. The molecular formula is C11H25IN4O2S2. The second kappa shape index (κ2) is 10.1. The summed E-state index contributed by atoms with van der Waals surface area (Å²) >= 11 is 1.92. The van der Waals surface area contributed by atoms with Crippen molar-refractivity contribution in [2.45, 2.75) is 30.6 Å². The van der Waals surface area contributed by atoms with Gasteiger partial charge in [-0.3, -0.25) is 4.99 Å². The van der Waals surface area contributed by atoms with Gasteiger partial charge in [0.15, 0.2) is 5.96 Å². The third-order valence-corrected chi connectivity index (χ3v) is 4.89. The van der Waals surface area contributed by atoms with Crippen LogP contribution in [0.5, 0.6) is 0 Å². The number of aliphatic imine (C=N–C) groups is 1. The number of nitrogens with one attached hydrogen (secondary N) is 3. The number of thioether (sulfide) groups is 1. The molecule has 0 spiro atoms. The molecule has 1 fully saturated rings. The quantitative estimate of drug-likeness (QED) is 0.246. The monoisotopic (exact) mass is 436 g/mol. The topological polar surface area (TPSA) is 82.6 Å². The van der Waals surface area contributed by atoms with Crippen molar-refractivity contribution in [3.05, 3.63) is 0 Å². The molecule has 0 aromatic heterocycles. The second-order valence-corrected chi connectivity index (χ2v) is 7.65. The largest absolute Gasteiger partial charge is 0.355 e. The van der Waals surface area contributed by atoms with Crippen LogP contribution >= 0.6 is 35.7 Å². The molecule has 0 bridgehead atoms. The first-order valence-corrected chi connectivity index (χ1v) is 9.57. The van der Waals surface area contributed by atoms with E-state index in [9.17, 15) is 8.42 Å². The lowest BCUT2D eigenvalue weighted by molar-refractivity contribution is 0.584. The number of hydrogen-bond donors (Lipinski definition) is 3. The summed E-state index contributed by atoms with van der Waals surface area (Å²) in [5.74, 6) is 0.738. The van der Waals surface area contributed by atoms with Crippen LogP contribution in [0.2, 0.25) is 0 Å². The molecule has 0 heterocycles. The summed E-state index contributed by atoms with van der Waals surface area (Å²) in [5.41, 5.74) is 0. The molecule has 20 heavy (non-hydrogen) atoms. The summed E-state index contributed by atoms with van der Waals surface area (Å²) in [6.45, 7) is 0.878. The van der Waals surface area contributed by atoms with Crippen molar-refractivity contribution in [3.63, 3.8) is 0 Å². The number of sulfonamides is 1. The van der Waals surface area contributed by atoms with Crippen LogP contribution in [-0.4, -0.2) is 58.3 Å². The predicted octanol–water partition coefficient (Wildman–Crippen LogP) is 0.603. The molecule has 0 saturated heterocycles. The molecule has 120 valence electrons. The SMILES string of the molecule is CN=C(NCCNS(C)(=O)=O)NC1CCC(SC)C1.I. The zero-order valence-electron chi connectivity index (χ0n) is 12.2. The van der Waals surface area contributed by atoms with Crippen LogP contribution in [0.1, 0.15) is 19.3 Å². The van der Waals surface area contributed by atoms with Crippen molar-refractivity contribution in [1.82, 2.24) is 15.4 Å². The van der Waals surface area contributed by atoms with Crippen LogP contribution in [-0.2, 0) is 10.0 Å². The molecule has 0 aliphatic heterocycles. The maximum atomic E-state index is 10.9. The van der Waals surface area contributed by atoms with Crippen molar-refractivity contribution < 1.29 is 8.42 Å². The highest BCUT2D eigenvalue weighted by molar-refractivity contribution is 14.0. The van der Waals surface area contributed by atoms with Gasteiger partial charge in [-0.15, -0.1) is 24.0 Å². The molecule has 2 atom stereocenters. The van der Waals surface area contributed by atoms with Gasteiger partial charge in [-0.25, -0.2) is 13.1 Å². The third kappa shape index (κ3) is 8.53. The van der Waals surface area contributed by atoms with E-state index in [4.69, 9.17) is 0 Å². The lowest BCUT2D eigenvalue weighted by atomic mass is 10.2. The Hall–Kier alpha value is 0.260. The van der Waals surface area contributed by atoms with Gasteiger partial charge in [0.2, 0.25) is 10.0 Å². The molecule has 1 rings (SSSR count). The van der Waals surface area contributed by atoms with E-state index >= 15 is 0 Å². The van der Waals surface area contributed by atoms with E-state index in [1.807, 2.05) is 11.8 Å². The molecule has 0 aromatic carbocycles. The molecule has 6 nitrogen and oxygen atoms in total. The van der Waals surface area contributed by atoms with E-state index in [2.05, 4.69) is 26.6 Å². The molecule has 1 saturated carbocycles. The Kier molecular flexibility index (Phi) is 10.2. The van der Waals surface area contributed by atoms with E-state index < -0.39 is 10.0 Å². The van der Waals surface area contributed by atoms with Gasteiger partial charge in [0, 0.05) is 31.4 Å². The van der Waals surface area contributed by atoms with Crippen LogP contribution in [0, 0.1) is 0 Å². The number of rotatable bonds is 6. The van der Waals surface area contributed by atoms with E-state index in [0.29, 0.717) is 19.1 Å². The highest BCUT2D eigenvalue weighted by Gasteiger charge is 2.24. The minimum absolute atomic E-state index is 0. The Morgan fingerprint density at radius 3 is 2.55 bits per heavy atom. The van der Waals surface area contributed by atoms with Gasteiger partial charge in [-0.05, 0) is 25.5 Å². The van der Waals surface area contributed by atoms with E-state index in [1.54, 1.807) is 7.05 Å². The van der Waals surface area contributed by atoms with Gasteiger partial charge < -0.3 is 10.6 Å². The fourth-order valence-electron chi connectivity index (χ4n) is 2.09. The molecule has 0 aromatic rings. The Morgan fingerprint density at radius 2 is 2.05 bits per heavy atom. The Morgan fingerprint density at radius 1 is 1.35 bits per heavy atom. The van der Waals surface area contributed by atoms with Gasteiger partial charge >= 0.3 is 0 Å². The van der Waals surface area contributed by atoms with Crippen LogP contribution < -0.4 is 15.4 Å². The Balaban J connectivity index is 0.00000361. The Bertz CT molecular complexity index is 403. The van der Waals surface area contributed by atoms with Crippen LogP contribution in [0.3, 0.4) is 0 Å². The minimum atomic E-state index is -3.11. The van der Waals surface area contributed by atoms with Gasteiger partial charge in [-0.1, -0.05) is 0 Å². The lowest BCUT2D eigenvalue weighted by Crippen LogP contribution is -2.45. The summed E-state index contributed by atoms with van der Waals surface area (Å²) in [6.07, 6.45) is 6.86. The third-order valence-electron chi connectivity index (χ3n) is 3.06. The van der Waals surface area contributed by atoms with Crippen molar-refractivity contribution in [1.29, 1.82) is 0 Å². The smallest absolute Gasteiger partial charge is 0.208 e. The first-order valence-electron chi connectivity index (χ1n) is 6.39. The molecule has 0 radical (unpaired) electrons. The molecule has 1 aliphatic carbocycles. The van der Waals surface area contributed by atoms with Crippen molar-refractivity contribution in [2.75, 3.05) is 32.6 Å². The van der Waals surface area contributed by atoms with Gasteiger partial charge in [0.25, 0.3) is 0 Å². The standard InChI is InChI=1S/C11H24N4O2S2.HI/c1-12-11(13-6-7-14-19(3,16)17)15-9-4-5-10(8-9)18-2;/h9-10,14H,4-8H2,1-3H3,(H2,12,13,15);1H. The highest BCUT2D eigenvalue weighted by atomic mass is 127. The van der Waals surface area contributed by atoms with Crippen molar-refractivity contribution >= 4 is 51.7 Å². The van der Waals surface area contributed by atoms with Crippen LogP contribution in [0.25, 0.3) is 0 Å². The van der Waals surface area contributed by atoms with Gasteiger partial charge in [0.05, 0.1) is 6.26 Å². The summed E-state index contributed by atoms with van der Waals surface area (Å²) < 4.78 is 24.2. The molecule has 0 amide bonds. The average Bonchev–Trinajstić information content (AvgIpc) is 2.79. The fourth-order valence-corrected chi connectivity index (χ4v) is 3.36. The minimum Gasteiger partial charge on any atom is -0.355 e. The Labute approximate surface area is 143 Å². The van der Waals surface area contributed by atoms with Gasteiger partial charge in [-0.2, -0.15) is 11.8 Å². The van der Waals surface area contributed by atoms with E-state index in [-0.39, 0.29) is 24.0 Å². The van der Waals surface area contributed by atoms with Crippen molar-refractivity contribution in [2.24, 2.45) is 4.99 Å². The average molecular weight is 436 g/mol. The number of halogens is 1. The van der Waals surface area contributed by atoms with Crippen molar-refractivity contribution in [3.8, 4) is 0 Å². The maximum absolute atomic E-state index is 10.9. The predicted molar refractivity (Wildman–Crippen MR) is 97.7 cm³/mol. The second-order valence-electron chi connectivity index (χ2n) is 4.68. The number of guanidine groups is 1. The summed E-state index contributed by atoms with van der Waals surface area (Å²) in [4.78, 5) is 4.15. The van der Waals surface area contributed by atoms with Crippen LogP contribution in [0.15, 0.2) is 4.99 Å². The number of nitrogens with zero attached hydrogens (tertiary/aromatic N) is 1. The first-order chi connectivity index (χ1) is 8.94. The maximum Gasteiger partial charge on any atom is 0.208 e. The molecular weight excluding hydrogens is 411 g/mol. The lowest BCUT2D eigenvalue weighted by Gasteiger charge is -2.17. The molecule has 1 aliphatic rings. The number of hydrogen-bond acceptors (Lipinski definition) is 4. The summed E-state index contributed by atoms with van der Waals surface area (Å²) in [7, 11) is -1.39. The van der Waals surface area contributed by atoms with Gasteiger partial charge in [0.1, 0.15) is 0 Å². The summed E-state index contributed by atoms with van der Waals surface area (Å²) in [5, 5.41) is 7.22. The zero-order valence-corrected chi connectivity index (χ0v) is 16.1. The van der Waals surface area contributed by atoms with Crippen LogP contribution in [0.4, 0.5) is 0 Å². The molecule has 3 N–H and O–H groups in total. The van der Waals surface area contributed by atoms with E-state index in [0.717, 1.165) is 30.3 Å². The molecule has 2 unspecified atom stereocenters. The van der Waals surface area contributed by atoms with E-state index in [1.165, 1.54) is 6.42 Å². The highest BCUT2D eigenvalue weighted by Crippen LogP contribution is 2.27. The molecule has 9 heteroatoms. The normalized spacial score (nSPS) is 23.2. The first kappa shape index (κ1) is 20.3. The zero-order chi connectivity index (χ0) is 14.3. The summed E-state index contributed by atoms with van der Waals surface area (Å²) in [6, 6.07) is 0.464.